The average molecular weight is 247 g/mol. The molecule has 1 rings (SSSR count). The van der Waals surface area contributed by atoms with Crippen LogP contribution in [0.3, 0.4) is 0 Å². The number of ether oxygens (including phenoxy) is 1. The van der Waals surface area contributed by atoms with Crippen molar-refractivity contribution in [2.24, 2.45) is 0 Å². The monoisotopic (exact) mass is 247 g/mol. The topological polar surface area (TPSA) is 84.1 Å². The van der Waals surface area contributed by atoms with Gasteiger partial charge in [0.1, 0.15) is 5.82 Å². The third kappa shape index (κ3) is 3.29. The summed E-state index contributed by atoms with van der Waals surface area (Å²) in [6, 6.07) is -0.224. The largest absolute Gasteiger partial charge is 0.383 e. The van der Waals surface area contributed by atoms with Gasteiger partial charge in [-0.05, 0) is 13.3 Å². The predicted octanol–water partition coefficient (Wildman–Crippen LogP) is 0.421. The Morgan fingerprint density at radius 2 is 2.31 bits per heavy atom. The summed E-state index contributed by atoms with van der Waals surface area (Å²) in [4.78, 5) is 6.54. The van der Waals surface area contributed by atoms with E-state index in [0.717, 1.165) is 0 Å². The standard InChI is InChI=1S/C9H17N3O3S/c1-4-8(6-15-3)12-16(13,14)9-5-10-7(2)11-9/h5,8,12H,4,6H2,1-3H3,(H,10,11). The second kappa shape index (κ2) is 5.42. The van der Waals surface area contributed by atoms with Gasteiger partial charge in [0.05, 0.1) is 12.8 Å². The summed E-state index contributed by atoms with van der Waals surface area (Å²) < 4.78 is 31.2. The minimum absolute atomic E-state index is 0.0829. The van der Waals surface area contributed by atoms with Gasteiger partial charge < -0.3 is 9.72 Å². The maximum atomic E-state index is 11.9. The van der Waals surface area contributed by atoms with Crippen molar-refractivity contribution < 1.29 is 13.2 Å². The van der Waals surface area contributed by atoms with E-state index in [9.17, 15) is 8.42 Å². The molecule has 7 heteroatoms. The van der Waals surface area contributed by atoms with Gasteiger partial charge in [0.15, 0.2) is 5.03 Å². The molecule has 16 heavy (non-hydrogen) atoms. The lowest BCUT2D eigenvalue weighted by Crippen LogP contribution is -2.37. The second-order valence-electron chi connectivity index (χ2n) is 3.51. The molecule has 92 valence electrons. The van der Waals surface area contributed by atoms with Crippen LogP contribution in [0.2, 0.25) is 0 Å². The van der Waals surface area contributed by atoms with E-state index >= 15 is 0 Å². The molecule has 0 radical (unpaired) electrons. The fourth-order valence-corrected chi connectivity index (χ4v) is 2.53. The fourth-order valence-electron chi connectivity index (χ4n) is 1.25. The summed E-state index contributed by atoms with van der Waals surface area (Å²) in [5.41, 5.74) is 0. The third-order valence-electron chi connectivity index (χ3n) is 2.15. The molecular weight excluding hydrogens is 230 g/mol. The zero-order valence-electron chi connectivity index (χ0n) is 9.65. The van der Waals surface area contributed by atoms with Crippen molar-refractivity contribution in [2.75, 3.05) is 13.7 Å². The van der Waals surface area contributed by atoms with E-state index < -0.39 is 10.0 Å². The number of aryl methyl sites for hydroxylation is 1. The number of H-pyrrole nitrogens is 1. The molecule has 1 aromatic heterocycles. The number of nitrogens with zero attached hydrogens (tertiary/aromatic N) is 1. The Hall–Kier alpha value is -0.920. The number of rotatable bonds is 6. The predicted molar refractivity (Wildman–Crippen MR) is 59.6 cm³/mol. The number of methoxy groups -OCH3 is 1. The van der Waals surface area contributed by atoms with E-state index in [1.54, 1.807) is 6.92 Å². The fraction of sp³-hybridized carbons (Fsp3) is 0.667. The molecule has 0 bridgehead atoms. The van der Waals surface area contributed by atoms with Gasteiger partial charge >= 0.3 is 0 Å². The Morgan fingerprint density at radius 3 is 2.75 bits per heavy atom. The number of hydrogen-bond donors (Lipinski definition) is 2. The van der Waals surface area contributed by atoms with Gasteiger partial charge in [-0.1, -0.05) is 6.92 Å². The van der Waals surface area contributed by atoms with Crippen LogP contribution in [0.5, 0.6) is 0 Å². The van der Waals surface area contributed by atoms with Gasteiger partial charge in [0.2, 0.25) is 0 Å². The first-order valence-corrected chi connectivity index (χ1v) is 6.50. The normalized spacial score (nSPS) is 13.9. The summed E-state index contributed by atoms with van der Waals surface area (Å²) in [7, 11) is -1.98. The van der Waals surface area contributed by atoms with Crippen molar-refractivity contribution >= 4 is 10.0 Å². The van der Waals surface area contributed by atoms with Crippen LogP contribution in [0.1, 0.15) is 19.2 Å². The molecule has 2 N–H and O–H groups in total. The molecule has 1 heterocycles. The Bertz CT molecular complexity index is 427. The summed E-state index contributed by atoms with van der Waals surface area (Å²) in [6.45, 7) is 3.94. The molecule has 1 atom stereocenters. The molecule has 0 aliphatic carbocycles. The Labute approximate surface area is 95.5 Å². The number of hydrogen-bond acceptors (Lipinski definition) is 4. The number of nitrogens with one attached hydrogen (secondary N) is 2. The smallest absolute Gasteiger partial charge is 0.257 e. The van der Waals surface area contributed by atoms with Crippen molar-refractivity contribution in [3.63, 3.8) is 0 Å². The van der Waals surface area contributed by atoms with Gasteiger partial charge in [-0.2, -0.15) is 0 Å². The first-order chi connectivity index (χ1) is 7.49. The maximum Gasteiger partial charge on any atom is 0.257 e. The lowest BCUT2D eigenvalue weighted by atomic mass is 10.3. The van der Waals surface area contributed by atoms with Crippen molar-refractivity contribution in [3.05, 3.63) is 12.0 Å². The highest BCUT2D eigenvalue weighted by atomic mass is 32.2. The van der Waals surface area contributed by atoms with Crippen LogP contribution in [0.15, 0.2) is 11.2 Å². The highest BCUT2D eigenvalue weighted by molar-refractivity contribution is 7.89. The average Bonchev–Trinajstić information content (AvgIpc) is 2.64. The minimum atomic E-state index is -3.52. The van der Waals surface area contributed by atoms with E-state index in [-0.39, 0.29) is 11.1 Å². The van der Waals surface area contributed by atoms with Crippen molar-refractivity contribution in [2.45, 2.75) is 31.3 Å². The molecular formula is C9H17N3O3S. The van der Waals surface area contributed by atoms with Crippen LogP contribution < -0.4 is 4.72 Å². The SMILES string of the molecule is CCC(COC)NS(=O)(=O)c1cnc(C)[nH]1. The van der Waals surface area contributed by atoms with E-state index in [2.05, 4.69) is 14.7 Å². The van der Waals surface area contributed by atoms with E-state index in [4.69, 9.17) is 4.74 Å². The molecule has 0 amide bonds. The summed E-state index contributed by atoms with van der Waals surface area (Å²) >= 11 is 0. The molecule has 1 unspecified atom stereocenters. The van der Waals surface area contributed by atoms with Gasteiger partial charge in [-0.15, -0.1) is 0 Å². The van der Waals surface area contributed by atoms with Crippen LogP contribution >= 0.6 is 0 Å². The van der Waals surface area contributed by atoms with Crippen LogP contribution in [0.25, 0.3) is 0 Å². The highest BCUT2D eigenvalue weighted by Gasteiger charge is 2.20. The lowest BCUT2D eigenvalue weighted by molar-refractivity contribution is 0.173. The van der Waals surface area contributed by atoms with Crippen LogP contribution in [0, 0.1) is 6.92 Å². The van der Waals surface area contributed by atoms with Gasteiger partial charge in [0.25, 0.3) is 10.0 Å². The van der Waals surface area contributed by atoms with Crippen molar-refractivity contribution in [1.82, 2.24) is 14.7 Å². The Balaban J connectivity index is 2.78. The molecule has 0 spiro atoms. The van der Waals surface area contributed by atoms with Gasteiger partial charge in [0, 0.05) is 13.2 Å². The molecule has 0 aromatic carbocycles. The lowest BCUT2D eigenvalue weighted by Gasteiger charge is -2.14. The zero-order chi connectivity index (χ0) is 12.2. The van der Waals surface area contributed by atoms with Gasteiger partial charge in [-0.3, -0.25) is 0 Å². The molecule has 0 aliphatic rings. The summed E-state index contributed by atoms with van der Waals surface area (Å²) in [5, 5.41) is 0.0829. The summed E-state index contributed by atoms with van der Waals surface area (Å²) in [5.74, 6) is 0.570. The second-order valence-corrected chi connectivity index (χ2v) is 5.20. The maximum absolute atomic E-state index is 11.9. The van der Waals surface area contributed by atoms with Crippen molar-refractivity contribution in [3.8, 4) is 0 Å². The van der Waals surface area contributed by atoms with E-state index in [0.29, 0.717) is 18.9 Å². The quantitative estimate of drug-likeness (QED) is 0.763. The molecule has 1 aromatic rings. The molecule has 0 saturated carbocycles. The first-order valence-electron chi connectivity index (χ1n) is 5.02. The van der Waals surface area contributed by atoms with Crippen LogP contribution in [0.4, 0.5) is 0 Å². The van der Waals surface area contributed by atoms with Crippen LogP contribution in [-0.4, -0.2) is 38.1 Å². The minimum Gasteiger partial charge on any atom is -0.383 e. The number of aromatic nitrogens is 2. The van der Waals surface area contributed by atoms with Crippen LogP contribution in [-0.2, 0) is 14.8 Å². The van der Waals surface area contributed by atoms with Gasteiger partial charge in [-0.25, -0.2) is 18.1 Å². The van der Waals surface area contributed by atoms with E-state index in [1.807, 2.05) is 6.92 Å². The first kappa shape index (κ1) is 13.1. The Kier molecular flexibility index (Phi) is 4.45. The summed E-state index contributed by atoms with van der Waals surface area (Å²) in [6.07, 6.45) is 1.97. The van der Waals surface area contributed by atoms with E-state index in [1.165, 1.54) is 13.3 Å². The van der Waals surface area contributed by atoms with Crippen molar-refractivity contribution in [1.29, 1.82) is 0 Å². The molecule has 0 fully saturated rings. The number of imidazole rings is 1. The molecule has 0 saturated heterocycles. The molecule has 0 aliphatic heterocycles. The number of sulfonamides is 1. The third-order valence-corrected chi connectivity index (χ3v) is 3.58. The highest BCUT2D eigenvalue weighted by Crippen LogP contribution is 2.06. The number of aromatic amines is 1. The zero-order valence-corrected chi connectivity index (χ0v) is 10.5. The Morgan fingerprint density at radius 1 is 1.62 bits per heavy atom. The molecule has 6 nitrogen and oxygen atoms in total.